The third kappa shape index (κ3) is 3.05. The smallest absolute Gasteiger partial charge is 0.123 e. The Morgan fingerprint density at radius 1 is 1.30 bits per heavy atom. The van der Waals surface area contributed by atoms with Crippen molar-refractivity contribution in [2.75, 3.05) is 6.54 Å². The van der Waals surface area contributed by atoms with Gasteiger partial charge in [0.1, 0.15) is 11.9 Å². The van der Waals surface area contributed by atoms with Crippen molar-refractivity contribution in [1.29, 1.82) is 0 Å². The summed E-state index contributed by atoms with van der Waals surface area (Å²) >= 11 is 1.84. The fourth-order valence-corrected chi connectivity index (χ4v) is 3.60. The van der Waals surface area contributed by atoms with E-state index >= 15 is 0 Å². The predicted octanol–water partition coefficient (Wildman–Crippen LogP) is 4.18. The minimum Gasteiger partial charge on any atom is -0.488 e. The van der Waals surface area contributed by atoms with Gasteiger partial charge in [0.15, 0.2) is 0 Å². The van der Waals surface area contributed by atoms with E-state index in [1.54, 1.807) is 0 Å². The normalized spacial score (nSPS) is 18.6. The van der Waals surface area contributed by atoms with Crippen LogP contribution in [0.2, 0.25) is 0 Å². The minimum absolute atomic E-state index is 0.270. The fraction of sp³-hybridized carbons (Fsp3) is 0.412. The Balaban J connectivity index is 1.57. The summed E-state index contributed by atoms with van der Waals surface area (Å²) in [6, 6.07) is 13.2. The summed E-state index contributed by atoms with van der Waals surface area (Å²) in [6.07, 6.45) is 3.67. The number of ether oxygens (including phenoxy) is 1. The Hall–Kier alpha value is -1.32. The highest BCUT2D eigenvalue weighted by molar-refractivity contribution is 7.10. The molecule has 0 bridgehead atoms. The van der Waals surface area contributed by atoms with E-state index in [-0.39, 0.29) is 6.10 Å². The number of fused-ring (bicyclic) bond motifs is 1. The van der Waals surface area contributed by atoms with Gasteiger partial charge in [-0.2, -0.15) is 0 Å². The maximum atomic E-state index is 5.99. The average Bonchev–Trinajstić information content (AvgIpc) is 3.12. The summed E-state index contributed by atoms with van der Waals surface area (Å²) in [5, 5.41) is 5.84. The first kappa shape index (κ1) is 13.7. The second kappa shape index (κ2) is 6.42. The van der Waals surface area contributed by atoms with Crippen LogP contribution in [-0.2, 0) is 6.42 Å². The highest BCUT2D eigenvalue weighted by Gasteiger charge is 2.23. The summed E-state index contributed by atoms with van der Waals surface area (Å²) in [7, 11) is 0. The number of thiophene rings is 1. The second-order valence-corrected chi connectivity index (χ2v) is 6.30. The highest BCUT2D eigenvalue weighted by atomic mass is 32.1. The molecule has 3 heteroatoms. The van der Waals surface area contributed by atoms with Crippen LogP contribution >= 0.6 is 11.3 Å². The summed E-state index contributed by atoms with van der Waals surface area (Å²) in [6.45, 7) is 3.15. The van der Waals surface area contributed by atoms with Crippen molar-refractivity contribution >= 4 is 11.3 Å². The zero-order valence-electron chi connectivity index (χ0n) is 11.8. The van der Waals surface area contributed by atoms with Crippen molar-refractivity contribution < 1.29 is 4.74 Å². The lowest BCUT2D eigenvalue weighted by molar-refractivity contribution is 0.220. The molecule has 0 aliphatic carbocycles. The van der Waals surface area contributed by atoms with Crippen LogP contribution in [0.5, 0.6) is 5.75 Å². The first-order valence-corrected chi connectivity index (χ1v) is 8.26. The van der Waals surface area contributed by atoms with Crippen molar-refractivity contribution in [3.8, 4) is 5.75 Å². The summed E-state index contributed by atoms with van der Waals surface area (Å²) in [4.78, 5) is 1.43. The standard InChI is InChI=1S/C17H21NOS/c1-2-6-15(17-9-5-10-20-17)18-12-14-11-13-7-3-4-8-16(13)19-14/h3-5,7-10,14-15,18H,2,6,11-12H2,1H3. The number of hydrogen-bond donors (Lipinski definition) is 1. The predicted molar refractivity (Wildman–Crippen MR) is 84.5 cm³/mol. The molecule has 1 aromatic carbocycles. The van der Waals surface area contributed by atoms with Gasteiger partial charge in [0.2, 0.25) is 0 Å². The fourth-order valence-electron chi connectivity index (χ4n) is 2.76. The van der Waals surface area contributed by atoms with Crippen LogP contribution in [0.3, 0.4) is 0 Å². The van der Waals surface area contributed by atoms with Gasteiger partial charge in [-0.1, -0.05) is 37.6 Å². The zero-order valence-corrected chi connectivity index (χ0v) is 12.7. The summed E-state index contributed by atoms with van der Waals surface area (Å²) < 4.78 is 5.99. The molecule has 0 saturated carbocycles. The second-order valence-electron chi connectivity index (χ2n) is 5.32. The monoisotopic (exact) mass is 287 g/mol. The van der Waals surface area contributed by atoms with E-state index in [2.05, 4.69) is 48.0 Å². The average molecular weight is 287 g/mol. The molecular formula is C17H21NOS. The Morgan fingerprint density at radius 3 is 2.95 bits per heavy atom. The molecular weight excluding hydrogens is 266 g/mol. The lowest BCUT2D eigenvalue weighted by Crippen LogP contribution is -2.32. The van der Waals surface area contributed by atoms with E-state index in [0.717, 1.165) is 18.7 Å². The van der Waals surface area contributed by atoms with Gasteiger partial charge in [-0.3, -0.25) is 0 Å². The van der Waals surface area contributed by atoms with Crippen molar-refractivity contribution in [3.05, 3.63) is 52.2 Å². The number of nitrogens with one attached hydrogen (secondary N) is 1. The van der Waals surface area contributed by atoms with Gasteiger partial charge in [0, 0.05) is 23.9 Å². The van der Waals surface area contributed by atoms with Gasteiger partial charge in [-0.15, -0.1) is 11.3 Å². The summed E-state index contributed by atoms with van der Waals surface area (Å²) in [5.74, 6) is 1.06. The van der Waals surface area contributed by atoms with Crippen LogP contribution in [0.1, 0.15) is 36.2 Å². The lowest BCUT2D eigenvalue weighted by Gasteiger charge is -2.19. The molecule has 1 N–H and O–H groups in total. The van der Waals surface area contributed by atoms with Gasteiger partial charge >= 0.3 is 0 Å². The molecule has 1 aromatic heterocycles. The molecule has 0 fully saturated rings. The molecule has 2 heterocycles. The largest absolute Gasteiger partial charge is 0.488 e. The highest BCUT2D eigenvalue weighted by Crippen LogP contribution is 2.29. The Kier molecular flexibility index (Phi) is 4.38. The molecule has 0 saturated heterocycles. The van der Waals surface area contributed by atoms with Crippen molar-refractivity contribution in [3.63, 3.8) is 0 Å². The van der Waals surface area contributed by atoms with Gasteiger partial charge in [0.25, 0.3) is 0 Å². The lowest BCUT2D eigenvalue weighted by atomic mass is 10.1. The maximum absolute atomic E-state index is 5.99. The molecule has 106 valence electrons. The van der Waals surface area contributed by atoms with Crippen LogP contribution in [0.4, 0.5) is 0 Å². The van der Waals surface area contributed by atoms with Crippen LogP contribution in [0, 0.1) is 0 Å². The molecule has 0 radical (unpaired) electrons. The van der Waals surface area contributed by atoms with E-state index < -0.39 is 0 Å². The molecule has 2 atom stereocenters. The van der Waals surface area contributed by atoms with Gasteiger partial charge in [0.05, 0.1) is 0 Å². The van der Waals surface area contributed by atoms with E-state index in [1.807, 2.05) is 17.4 Å². The van der Waals surface area contributed by atoms with E-state index in [9.17, 15) is 0 Å². The van der Waals surface area contributed by atoms with Crippen LogP contribution < -0.4 is 10.1 Å². The van der Waals surface area contributed by atoms with Crippen molar-refractivity contribution in [2.24, 2.45) is 0 Å². The quantitative estimate of drug-likeness (QED) is 0.860. The SMILES string of the molecule is CCCC(NCC1Cc2ccccc2O1)c1cccs1. The molecule has 0 spiro atoms. The van der Waals surface area contributed by atoms with Gasteiger partial charge < -0.3 is 10.1 Å². The third-order valence-electron chi connectivity index (χ3n) is 3.77. The molecule has 20 heavy (non-hydrogen) atoms. The van der Waals surface area contributed by atoms with Gasteiger partial charge in [-0.25, -0.2) is 0 Å². The minimum atomic E-state index is 0.270. The van der Waals surface area contributed by atoms with E-state index in [0.29, 0.717) is 6.04 Å². The number of hydrogen-bond acceptors (Lipinski definition) is 3. The number of benzene rings is 1. The molecule has 1 aliphatic rings. The molecule has 3 rings (SSSR count). The Morgan fingerprint density at radius 2 is 2.20 bits per heavy atom. The maximum Gasteiger partial charge on any atom is 0.123 e. The van der Waals surface area contributed by atoms with E-state index in [4.69, 9.17) is 4.74 Å². The van der Waals surface area contributed by atoms with E-state index in [1.165, 1.54) is 23.3 Å². The number of para-hydroxylation sites is 1. The number of rotatable bonds is 6. The molecule has 0 amide bonds. The topological polar surface area (TPSA) is 21.3 Å². The first-order valence-electron chi connectivity index (χ1n) is 7.38. The van der Waals surface area contributed by atoms with Crippen LogP contribution in [-0.4, -0.2) is 12.6 Å². The van der Waals surface area contributed by atoms with Gasteiger partial charge in [-0.05, 0) is 29.5 Å². The molecule has 2 nitrogen and oxygen atoms in total. The zero-order chi connectivity index (χ0) is 13.8. The van der Waals surface area contributed by atoms with Crippen LogP contribution in [0.25, 0.3) is 0 Å². The van der Waals surface area contributed by atoms with Crippen LogP contribution in [0.15, 0.2) is 41.8 Å². The molecule has 1 aliphatic heterocycles. The van der Waals surface area contributed by atoms with Crippen molar-refractivity contribution in [1.82, 2.24) is 5.32 Å². The Bertz CT molecular complexity index is 513. The first-order chi connectivity index (χ1) is 9.86. The Labute approximate surface area is 124 Å². The third-order valence-corrected chi connectivity index (χ3v) is 4.76. The molecule has 2 aromatic rings. The molecule has 2 unspecified atom stereocenters. The van der Waals surface area contributed by atoms with Crippen molar-refractivity contribution in [2.45, 2.75) is 38.3 Å². The summed E-state index contributed by atoms with van der Waals surface area (Å²) in [5.41, 5.74) is 1.34.